The minimum atomic E-state index is -0.368. The van der Waals surface area contributed by atoms with Crippen LogP contribution in [0.3, 0.4) is 0 Å². The number of hydrogen-bond donors (Lipinski definition) is 0. The summed E-state index contributed by atoms with van der Waals surface area (Å²) in [4.78, 5) is 5.33. The number of hydrogen-bond acceptors (Lipinski definition) is 10. The van der Waals surface area contributed by atoms with Gasteiger partial charge in [0.25, 0.3) is 0 Å². The van der Waals surface area contributed by atoms with Gasteiger partial charge in [0, 0.05) is 44.9 Å². The molecule has 0 radical (unpaired) electrons. The Morgan fingerprint density at radius 1 is 0.127 bits per heavy atom. The Morgan fingerprint density at radius 3 is 0.592 bits per heavy atom. The number of rotatable bonds is 17. The van der Waals surface area contributed by atoms with Gasteiger partial charge in [0.15, 0.2) is 0 Å². The van der Waals surface area contributed by atoms with E-state index in [0.29, 0.717) is 0 Å². The Hall–Kier alpha value is -16.3. The van der Waals surface area contributed by atoms with Gasteiger partial charge in [0.2, 0.25) is 0 Å². The summed E-state index contributed by atoms with van der Waals surface area (Å²) >= 11 is 0. The fourth-order valence-corrected chi connectivity index (χ4v) is 24.0. The van der Waals surface area contributed by atoms with Gasteiger partial charge in [0.1, 0.15) is 0 Å². The minimum absolute atomic E-state index is 0.131. The maximum Gasteiger partial charge on any atom is 0.370 e. The average molecular weight is 1810 g/mol. The van der Waals surface area contributed by atoms with Gasteiger partial charge in [-0.15, -0.1) is 0 Å². The van der Waals surface area contributed by atoms with Crippen molar-refractivity contribution in [1.82, 2.24) is 28.1 Å². The summed E-state index contributed by atoms with van der Waals surface area (Å²) in [6.07, 6.45) is 0. The third-order valence-corrected chi connectivity index (χ3v) is 29.8. The summed E-state index contributed by atoms with van der Waals surface area (Å²) in [7, 11) is -0.368. The quantitative estimate of drug-likeness (QED) is 0.0650. The maximum absolute atomic E-state index is 2.87. The Morgan fingerprint density at radius 2 is 0.317 bits per heavy atom. The summed E-state index contributed by atoms with van der Waals surface area (Å²) in [5.74, 6) is 0. The number of benzene rings is 21. The van der Waals surface area contributed by atoms with E-state index in [1.807, 2.05) is 0 Å². The van der Waals surface area contributed by atoms with Crippen LogP contribution in [0.2, 0.25) is 0 Å². The van der Waals surface area contributed by atoms with Gasteiger partial charge < -0.3 is 42.1 Å². The summed E-state index contributed by atoms with van der Waals surface area (Å²) in [6.45, 7) is -2.50. The van der Waals surface area contributed by atoms with Crippen LogP contribution in [-0.2, 0) is 0 Å². The molecule has 0 amide bonds. The highest BCUT2D eigenvalue weighted by atomic mass is 15.7. The minimum Gasteiger partial charge on any atom is -0.428 e. The summed E-state index contributed by atoms with van der Waals surface area (Å²) < 4.78 is 24.5. The molecule has 1 aromatic heterocycles. The fraction of sp³-hybridized carbons (Fsp3) is 0. The van der Waals surface area contributed by atoms with E-state index in [1.54, 1.807) is 0 Å². The molecule has 5 aliphatic rings. The van der Waals surface area contributed by atoms with E-state index in [9.17, 15) is 0 Å². The summed E-state index contributed by atoms with van der Waals surface area (Å²) in [6, 6.07) is 206. The summed E-state index contributed by atoms with van der Waals surface area (Å²) in [5, 5.41) is 10.2. The number of nitrogens with zero attached hydrogens (tertiary/aromatic N) is 11. The molecule has 5 saturated heterocycles. The molecule has 6 heterocycles. The molecule has 27 rings (SSSR count). The third kappa shape index (κ3) is 15.0. The first-order valence-electron chi connectivity index (χ1n) is 49.6. The van der Waals surface area contributed by atoms with Crippen molar-refractivity contribution in [2.75, 3.05) is 23.6 Å². The van der Waals surface area contributed by atoms with Gasteiger partial charge in [-0.05, 0) is 189 Å². The molecule has 0 atom stereocenters. The normalized spacial score (nSPS) is 14.8. The van der Waals surface area contributed by atoms with E-state index in [-0.39, 0.29) is 76.9 Å². The highest BCUT2D eigenvalue weighted by Gasteiger charge is 2.73. The highest BCUT2D eigenvalue weighted by molar-refractivity contribution is 7.23. The first-order chi connectivity index (χ1) is 70.6. The smallest absolute Gasteiger partial charge is 0.370 e. The molecule has 21 aromatic carbocycles. The van der Waals surface area contributed by atoms with Crippen molar-refractivity contribution in [3.63, 3.8) is 0 Å². The lowest BCUT2D eigenvalue weighted by molar-refractivity contribution is 0.439. The summed E-state index contributed by atoms with van der Waals surface area (Å²) in [5.41, 5.74) is 23.8. The molecule has 0 saturated carbocycles. The molecule has 142 heavy (non-hydrogen) atoms. The van der Waals surface area contributed by atoms with Crippen molar-refractivity contribution in [3.05, 3.63) is 558 Å². The molecule has 5 fully saturated rings. The molecule has 22 aromatic rings. The second kappa shape index (κ2) is 37.5. The van der Waals surface area contributed by atoms with Crippen molar-refractivity contribution in [3.8, 4) is 16.8 Å². The molecule has 0 spiro atoms. The maximum atomic E-state index is 2.87. The third-order valence-electron chi connectivity index (χ3n) is 29.8. The van der Waals surface area contributed by atoms with E-state index >= 15 is 0 Å². The molecule has 0 N–H and O–H groups in total. The van der Waals surface area contributed by atoms with Crippen LogP contribution in [0.1, 0.15) is 0 Å². The SMILES string of the molecule is c1ccc(B2N(c3ccccc3)B(c3ccccc3)N3B(c4ccccc4)N(c4ccc(-c5ccc6c7ccccc7c7ccccc7c6c5)cc4)B(c4ccccc4)N23)cc1.c1ccc(B2N3B4N(B(c5ccccc5)N2c2ccccc2)B(c2ccccc2)N(c2ccccc2)B(c2ccc(-n5c6ccccc6c6ccccc65)cc2)N4B(c2ccccc2)N(c2ccccc2)B3c2ccccc2)cc1. The van der Waals surface area contributed by atoms with Gasteiger partial charge in [-0.1, -0.05) is 467 Å². The molecule has 0 bridgehead atoms. The topological polar surface area (TPSA) is 37.3 Å². The van der Waals surface area contributed by atoms with Gasteiger partial charge in [-0.3, -0.25) is 9.66 Å². The lowest BCUT2D eigenvalue weighted by Crippen LogP contribution is -3.03. The lowest BCUT2D eigenvalue weighted by Gasteiger charge is -2.70. The molecule has 5 aliphatic heterocycles. The standard InChI is InChI=1S/C66H52B7N7.C54H40B4N4/c1-9-29-53(30-10-1)67-75(60-39-19-6-20-40-60)68(54-31-11-2-12-32-54)79-71(57-37-17-5-18-38-57)77(62-43-23-8-24-44-62)72(58-49-51-59(52-50-58)74-65-47-27-25-45-63(65)64-46-26-28-48-66(64)74)80-70(56-35-15-4-16-36-56)76(61-41-21-7-22-42-61)69(78(67)73(79)80)55-33-13-3-14-34-55;1-6-20-43(21-7-1)55-59(47-28-14-5-15-29-47)56(44-22-8-2-9-23-44)62-58(46-26-12-4-13-27-46)60(57(61(55)62)45-24-10-3-11-25-45)48-37-34-41(35-38-48)42-36-39-53-51-32-17-16-30-49(51)50-31-18-19-33-52(50)54(53)40-42/h1-52H;1-40H. The lowest BCUT2D eigenvalue weighted by atomic mass is 9.22. The van der Waals surface area contributed by atoms with Crippen molar-refractivity contribution < 1.29 is 0 Å². The number of aromatic nitrogens is 1. The molecular formula is C120H92B11N11. The molecule has 11 nitrogen and oxygen atoms in total. The largest absolute Gasteiger partial charge is 0.428 e. The van der Waals surface area contributed by atoms with Crippen LogP contribution in [0.5, 0.6) is 0 Å². The first kappa shape index (κ1) is 86.1. The Kier molecular flexibility index (Phi) is 22.7. The van der Waals surface area contributed by atoms with Crippen molar-refractivity contribution >= 4 is 214 Å². The van der Waals surface area contributed by atoms with Gasteiger partial charge in [-0.25, -0.2) is 0 Å². The number of para-hydroxylation sites is 6. The zero-order chi connectivity index (χ0) is 93.9. The van der Waals surface area contributed by atoms with Crippen molar-refractivity contribution in [2.45, 2.75) is 0 Å². The van der Waals surface area contributed by atoms with Crippen LogP contribution in [-0.4, -0.2) is 105 Å². The van der Waals surface area contributed by atoms with Crippen LogP contribution in [0.25, 0.3) is 70.9 Å². The van der Waals surface area contributed by atoms with Crippen molar-refractivity contribution in [1.29, 1.82) is 0 Å². The molecule has 0 unspecified atom stereocenters. The molecule has 660 valence electrons. The predicted molar refractivity (Wildman–Crippen MR) is 610 cm³/mol. The van der Waals surface area contributed by atoms with Gasteiger partial charge in [-0.2, -0.15) is 0 Å². The Balaban J connectivity index is 0.000000150. The number of anilines is 5. The van der Waals surface area contributed by atoms with E-state index in [2.05, 4.69) is 610 Å². The molecular weight excluding hydrogens is 1710 g/mol. The molecule has 0 aliphatic carbocycles. The zero-order valence-corrected chi connectivity index (χ0v) is 78.4. The van der Waals surface area contributed by atoms with Crippen LogP contribution in [0.4, 0.5) is 28.4 Å². The van der Waals surface area contributed by atoms with Crippen LogP contribution >= 0.6 is 0 Å². The van der Waals surface area contributed by atoms with Gasteiger partial charge in [0.05, 0.1) is 11.0 Å². The van der Waals surface area contributed by atoms with E-state index in [0.717, 1.165) is 28.4 Å². The highest BCUT2D eigenvalue weighted by Crippen LogP contribution is 2.45. The Labute approximate surface area is 834 Å². The van der Waals surface area contributed by atoms with Crippen molar-refractivity contribution in [2.24, 2.45) is 0 Å². The van der Waals surface area contributed by atoms with Gasteiger partial charge >= 0.3 is 76.9 Å². The molecule has 22 heteroatoms. The predicted octanol–water partition coefficient (Wildman–Crippen LogP) is 18.2. The Bertz CT molecular complexity index is 7870. The number of hydrazine groups is 1. The number of fused-ring (bicyclic) bond motifs is 10. The fourth-order valence-electron chi connectivity index (χ4n) is 24.0. The second-order valence-electron chi connectivity index (χ2n) is 37.6. The monoisotopic (exact) mass is 1810 g/mol. The van der Waals surface area contributed by atoms with Crippen LogP contribution in [0, 0.1) is 0 Å². The van der Waals surface area contributed by atoms with Crippen LogP contribution < -0.4 is 78.2 Å². The second-order valence-corrected chi connectivity index (χ2v) is 37.6. The van der Waals surface area contributed by atoms with Crippen LogP contribution in [0.15, 0.2) is 558 Å². The van der Waals surface area contributed by atoms with E-state index < -0.39 is 0 Å². The van der Waals surface area contributed by atoms with E-state index in [4.69, 9.17) is 0 Å². The van der Waals surface area contributed by atoms with E-state index in [1.165, 1.54) is 126 Å². The zero-order valence-electron chi connectivity index (χ0n) is 78.4. The first-order valence-corrected chi connectivity index (χ1v) is 49.6. The average Bonchev–Trinajstić information content (AvgIpc) is 0.956.